The highest BCUT2D eigenvalue weighted by atomic mass is 35.5. The molecule has 0 aromatic heterocycles. The van der Waals surface area contributed by atoms with E-state index in [0.29, 0.717) is 16.5 Å². The minimum absolute atomic E-state index is 0.0981. The molecule has 0 radical (unpaired) electrons. The first-order chi connectivity index (χ1) is 11.0. The van der Waals surface area contributed by atoms with Crippen LogP contribution in [0.5, 0.6) is 5.75 Å². The summed E-state index contributed by atoms with van der Waals surface area (Å²) in [6.45, 7) is 1.86. The Kier molecular flexibility index (Phi) is 3.27. The summed E-state index contributed by atoms with van der Waals surface area (Å²) in [4.78, 5) is 27.3. The van der Waals surface area contributed by atoms with E-state index in [2.05, 4.69) is 12.2 Å². The molecule has 4 nitrogen and oxygen atoms in total. The van der Waals surface area contributed by atoms with Gasteiger partial charge in [0.2, 0.25) is 11.8 Å². The number of allylic oxidation sites excluding steroid dienone is 2. The second-order valence-electron chi connectivity index (χ2n) is 6.63. The summed E-state index contributed by atoms with van der Waals surface area (Å²) in [5.41, 5.74) is 1.33. The molecule has 120 valence electrons. The molecule has 1 aromatic carbocycles. The number of aryl methyl sites for hydroxylation is 1. The molecule has 4 aliphatic rings. The summed E-state index contributed by atoms with van der Waals surface area (Å²) in [6.07, 6.45) is 6.22. The molecule has 0 N–H and O–H groups in total. The first kappa shape index (κ1) is 14.8. The SMILES string of the molecule is COc1cc(Cl)c(C)cc1N1C(=O)C2C3C=CC(CC3)C2C1=O. The summed E-state index contributed by atoms with van der Waals surface area (Å²) in [5, 5.41) is 0.559. The number of hydrogen-bond donors (Lipinski definition) is 0. The maximum absolute atomic E-state index is 13.0. The fourth-order valence-corrected chi connectivity index (χ4v) is 4.45. The van der Waals surface area contributed by atoms with Crippen molar-refractivity contribution in [1.29, 1.82) is 0 Å². The fourth-order valence-electron chi connectivity index (χ4n) is 4.30. The number of ether oxygens (including phenoxy) is 1. The van der Waals surface area contributed by atoms with Crippen molar-refractivity contribution in [1.82, 2.24) is 0 Å². The van der Waals surface area contributed by atoms with E-state index >= 15 is 0 Å². The number of carbonyl (C=O) groups is 2. The van der Waals surface area contributed by atoms with Crippen molar-refractivity contribution >= 4 is 29.1 Å². The molecule has 1 saturated carbocycles. The molecule has 4 unspecified atom stereocenters. The number of halogens is 1. The van der Waals surface area contributed by atoms with E-state index < -0.39 is 0 Å². The van der Waals surface area contributed by atoms with Gasteiger partial charge in [0.05, 0.1) is 24.6 Å². The third-order valence-electron chi connectivity index (χ3n) is 5.46. The first-order valence-electron chi connectivity index (χ1n) is 7.93. The molecule has 2 fully saturated rings. The number of carbonyl (C=O) groups excluding carboxylic acids is 2. The van der Waals surface area contributed by atoms with Crippen LogP contribution >= 0.6 is 11.6 Å². The third-order valence-corrected chi connectivity index (χ3v) is 5.87. The van der Waals surface area contributed by atoms with Crippen molar-refractivity contribution in [3.63, 3.8) is 0 Å². The highest BCUT2D eigenvalue weighted by Gasteiger charge is 2.57. The number of imide groups is 1. The van der Waals surface area contributed by atoms with Crippen LogP contribution in [0.2, 0.25) is 5.02 Å². The number of amides is 2. The summed E-state index contributed by atoms with van der Waals surface area (Å²) in [7, 11) is 1.52. The van der Waals surface area contributed by atoms with Gasteiger partial charge in [-0.1, -0.05) is 23.8 Å². The van der Waals surface area contributed by atoms with Crippen LogP contribution in [0.3, 0.4) is 0 Å². The number of methoxy groups -OCH3 is 1. The van der Waals surface area contributed by atoms with Gasteiger partial charge in [-0.25, -0.2) is 4.90 Å². The Morgan fingerprint density at radius 3 is 2.13 bits per heavy atom. The van der Waals surface area contributed by atoms with Gasteiger partial charge in [0.1, 0.15) is 5.75 Å². The highest BCUT2D eigenvalue weighted by Crippen LogP contribution is 2.51. The molecule has 23 heavy (non-hydrogen) atoms. The lowest BCUT2D eigenvalue weighted by molar-refractivity contribution is -0.124. The molecule has 2 amide bonds. The smallest absolute Gasteiger partial charge is 0.238 e. The van der Waals surface area contributed by atoms with Gasteiger partial charge in [-0.05, 0) is 43.2 Å². The Labute approximate surface area is 140 Å². The lowest BCUT2D eigenvalue weighted by Gasteiger charge is -2.38. The Morgan fingerprint density at radius 1 is 1.09 bits per heavy atom. The molecule has 1 saturated heterocycles. The van der Waals surface area contributed by atoms with Crippen LogP contribution in [0.15, 0.2) is 24.3 Å². The summed E-state index contributed by atoms with van der Waals surface area (Å²) in [6, 6.07) is 3.44. The second kappa shape index (κ2) is 5.10. The average molecular weight is 332 g/mol. The molecule has 1 heterocycles. The van der Waals surface area contributed by atoms with E-state index in [0.717, 1.165) is 18.4 Å². The maximum Gasteiger partial charge on any atom is 0.238 e. The van der Waals surface area contributed by atoms with Gasteiger partial charge < -0.3 is 4.74 Å². The predicted octanol–water partition coefficient (Wildman–Crippen LogP) is 3.36. The van der Waals surface area contributed by atoms with Crippen molar-refractivity contribution in [2.75, 3.05) is 12.0 Å². The van der Waals surface area contributed by atoms with Crippen LogP contribution in [-0.2, 0) is 9.59 Å². The maximum atomic E-state index is 13.0. The summed E-state index contributed by atoms with van der Waals surface area (Å²) in [5.74, 6) is 0.204. The molecular formula is C18H18ClNO3. The molecule has 2 bridgehead atoms. The van der Waals surface area contributed by atoms with Gasteiger partial charge in [-0.3, -0.25) is 9.59 Å². The van der Waals surface area contributed by atoms with Crippen molar-refractivity contribution in [2.24, 2.45) is 23.7 Å². The van der Waals surface area contributed by atoms with E-state index in [1.807, 2.05) is 6.92 Å². The second-order valence-corrected chi connectivity index (χ2v) is 7.03. The molecule has 4 atom stereocenters. The van der Waals surface area contributed by atoms with Crippen molar-refractivity contribution < 1.29 is 14.3 Å². The Morgan fingerprint density at radius 2 is 1.65 bits per heavy atom. The number of fused-ring (bicyclic) bond motifs is 1. The van der Waals surface area contributed by atoms with E-state index in [-0.39, 0.29) is 35.5 Å². The molecule has 1 aromatic rings. The quantitative estimate of drug-likeness (QED) is 0.616. The minimum Gasteiger partial charge on any atom is -0.495 e. The lowest BCUT2D eigenvalue weighted by Crippen LogP contribution is -2.38. The zero-order chi connectivity index (χ0) is 16.3. The normalized spacial score (nSPS) is 31.7. The Balaban J connectivity index is 1.81. The standard InChI is InChI=1S/C18H18ClNO3/c1-9-7-13(14(23-2)8-12(9)19)20-17(21)15-10-3-4-11(6-5-10)16(15)18(20)22/h3-4,7-8,10-11,15-16H,5-6H2,1-2H3. The van der Waals surface area contributed by atoms with Gasteiger partial charge in [0, 0.05) is 11.1 Å². The number of nitrogens with zero attached hydrogens (tertiary/aromatic N) is 1. The van der Waals surface area contributed by atoms with Crippen LogP contribution in [0.25, 0.3) is 0 Å². The van der Waals surface area contributed by atoms with Crippen molar-refractivity contribution in [3.8, 4) is 5.75 Å². The van der Waals surface area contributed by atoms with E-state index in [4.69, 9.17) is 16.3 Å². The highest BCUT2D eigenvalue weighted by molar-refractivity contribution is 6.32. The topological polar surface area (TPSA) is 46.6 Å². The lowest BCUT2D eigenvalue weighted by atomic mass is 9.63. The number of hydrogen-bond acceptors (Lipinski definition) is 3. The zero-order valence-corrected chi connectivity index (χ0v) is 13.8. The van der Waals surface area contributed by atoms with Gasteiger partial charge >= 0.3 is 0 Å². The predicted molar refractivity (Wildman–Crippen MR) is 87.6 cm³/mol. The average Bonchev–Trinajstić information content (AvgIpc) is 2.84. The van der Waals surface area contributed by atoms with Gasteiger partial charge in [0.25, 0.3) is 0 Å². The molecular weight excluding hydrogens is 314 g/mol. The minimum atomic E-state index is -0.216. The first-order valence-corrected chi connectivity index (χ1v) is 8.31. The third kappa shape index (κ3) is 1.97. The Bertz CT molecular complexity index is 710. The molecule has 5 rings (SSSR count). The summed E-state index contributed by atoms with van der Waals surface area (Å²) >= 11 is 6.14. The van der Waals surface area contributed by atoms with E-state index in [9.17, 15) is 9.59 Å². The van der Waals surface area contributed by atoms with Crippen molar-refractivity contribution in [3.05, 3.63) is 34.9 Å². The van der Waals surface area contributed by atoms with Gasteiger partial charge in [-0.2, -0.15) is 0 Å². The van der Waals surface area contributed by atoms with Crippen LogP contribution in [0, 0.1) is 30.6 Å². The number of benzene rings is 1. The van der Waals surface area contributed by atoms with Crippen LogP contribution in [0.4, 0.5) is 5.69 Å². The monoisotopic (exact) mass is 331 g/mol. The fraction of sp³-hybridized carbons (Fsp3) is 0.444. The van der Waals surface area contributed by atoms with Gasteiger partial charge in [0.15, 0.2) is 0 Å². The number of rotatable bonds is 2. The van der Waals surface area contributed by atoms with Crippen LogP contribution in [-0.4, -0.2) is 18.9 Å². The van der Waals surface area contributed by atoms with Crippen LogP contribution < -0.4 is 9.64 Å². The molecule has 0 spiro atoms. The zero-order valence-electron chi connectivity index (χ0n) is 13.1. The van der Waals surface area contributed by atoms with E-state index in [1.54, 1.807) is 12.1 Å². The Hall–Kier alpha value is -1.81. The molecule has 3 aliphatic carbocycles. The van der Waals surface area contributed by atoms with E-state index in [1.165, 1.54) is 12.0 Å². The van der Waals surface area contributed by atoms with Gasteiger partial charge in [-0.15, -0.1) is 0 Å². The molecule has 1 aliphatic heterocycles. The molecule has 5 heteroatoms. The van der Waals surface area contributed by atoms with Crippen LogP contribution in [0.1, 0.15) is 18.4 Å². The summed E-state index contributed by atoms with van der Waals surface area (Å²) < 4.78 is 5.37. The van der Waals surface area contributed by atoms with Crippen molar-refractivity contribution in [2.45, 2.75) is 19.8 Å². The number of anilines is 1. The largest absolute Gasteiger partial charge is 0.495 e.